The van der Waals surface area contributed by atoms with Gasteiger partial charge in [-0.25, -0.2) is 22.5 Å². The molecule has 242 valence electrons. The van der Waals surface area contributed by atoms with Crippen LogP contribution in [-0.2, 0) is 14.4 Å². The Balaban J connectivity index is 0.00000480. The standard InChI is InChI=1S/C31H26ClF4N5O4.CH4/c32-23-4-2-1-3-22(23)27(28(43)39-20-5-8-31(35,36)9-6-20)40(21-13-18(33)12-19(34)14-21)29(44)24-15-25(42)30(45)41(24)26-11-17(16-37)7-10-38-26;/h1-4,7,10-14,20,24-25,27,42H,5-6,8-9,15H2,(H,39,43);1H4/t24-,25-,27-;/m0./s1. The van der Waals surface area contributed by atoms with Crippen molar-refractivity contribution >= 4 is 40.8 Å². The Labute approximate surface area is 267 Å². The number of nitrogens with one attached hydrogen (secondary N) is 1. The topological polar surface area (TPSA) is 127 Å². The number of anilines is 2. The number of pyridine rings is 1. The quantitative estimate of drug-likeness (QED) is 0.325. The van der Waals surface area contributed by atoms with Crippen molar-refractivity contribution in [1.29, 1.82) is 5.26 Å². The molecule has 1 aromatic heterocycles. The first kappa shape index (κ1) is 34.3. The molecule has 1 saturated carbocycles. The second-order valence-electron chi connectivity index (χ2n) is 10.9. The summed E-state index contributed by atoms with van der Waals surface area (Å²) in [5.41, 5.74) is -0.284. The minimum atomic E-state index is -2.89. The number of benzene rings is 2. The SMILES string of the molecule is C.N#Cc1ccnc(N2C(=O)[C@@H](O)C[C@H]2C(=O)N(c2cc(F)cc(F)c2)[C@H](C(=O)NC2CCC(F)(F)CC2)c2ccccc2Cl)c1. The van der Waals surface area contributed by atoms with Gasteiger partial charge >= 0.3 is 0 Å². The van der Waals surface area contributed by atoms with Crippen LogP contribution < -0.4 is 15.1 Å². The second kappa shape index (κ2) is 13.8. The van der Waals surface area contributed by atoms with E-state index in [1.807, 2.05) is 6.07 Å². The number of aromatic nitrogens is 1. The molecule has 14 heteroatoms. The highest BCUT2D eigenvalue weighted by atomic mass is 35.5. The van der Waals surface area contributed by atoms with Gasteiger partial charge in [0.2, 0.25) is 11.8 Å². The van der Waals surface area contributed by atoms with Crippen molar-refractivity contribution in [2.75, 3.05) is 9.80 Å². The van der Waals surface area contributed by atoms with Gasteiger partial charge in [0.05, 0.1) is 17.3 Å². The summed E-state index contributed by atoms with van der Waals surface area (Å²) in [6.45, 7) is 0. The Hall–Kier alpha value is -4.54. The van der Waals surface area contributed by atoms with Gasteiger partial charge in [0, 0.05) is 48.2 Å². The van der Waals surface area contributed by atoms with E-state index in [4.69, 9.17) is 11.6 Å². The van der Waals surface area contributed by atoms with E-state index >= 15 is 0 Å². The van der Waals surface area contributed by atoms with Gasteiger partial charge in [-0.05, 0) is 43.2 Å². The summed E-state index contributed by atoms with van der Waals surface area (Å²) in [6, 6.07) is 8.62. The van der Waals surface area contributed by atoms with Crippen molar-refractivity contribution in [3.05, 3.63) is 88.6 Å². The molecule has 2 N–H and O–H groups in total. The van der Waals surface area contributed by atoms with E-state index in [-0.39, 0.29) is 42.2 Å². The summed E-state index contributed by atoms with van der Waals surface area (Å²) < 4.78 is 57.0. The third-order valence-corrected chi connectivity index (χ3v) is 8.16. The Morgan fingerprint density at radius 2 is 1.76 bits per heavy atom. The maximum atomic E-state index is 14.6. The first-order chi connectivity index (χ1) is 21.4. The number of aliphatic hydroxyl groups is 1. The zero-order valence-corrected chi connectivity index (χ0v) is 24.2. The van der Waals surface area contributed by atoms with E-state index in [0.29, 0.717) is 6.07 Å². The Morgan fingerprint density at radius 1 is 1.11 bits per heavy atom. The average Bonchev–Trinajstić information content (AvgIpc) is 3.30. The fraction of sp³-hybridized carbons (Fsp3) is 0.344. The Bertz CT molecular complexity index is 1660. The molecule has 5 rings (SSSR count). The van der Waals surface area contributed by atoms with Gasteiger partial charge in [-0.1, -0.05) is 37.2 Å². The number of rotatable bonds is 7. The average molecular weight is 660 g/mol. The molecule has 1 saturated heterocycles. The first-order valence-corrected chi connectivity index (χ1v) is 14.4. The Kier molecular flexibility index (Phi) is 10.3. The maximum Gasteiger partial charge on any atom is 0.257 e. The largest absolute Gasteiger partial charge is 0.383 e. The fourth-order valence-electron chi connectivity index (χ4n) is 5.64. The zero-order chi connectivity index (χ0) is 32.5. The monoisotopic (exact) mass is 659 g/mol. The van der Waals surface area contributed by atoms with Crippen molar-refractivity contribution in [3.63, 3.8) is 0 Å². The van der Waals surface area contributed by atoms with Crippen molar-refractivity contribution in [2.24, 2.45) is 0 Å². The molecule has 9 nitrogen and oxygen atoms in total. The van der Waals surface area contributed by atoms with Gasteiger partial charge in [-0.15, -0.1) is 0 Å². The lowest BCUT2D eigenvalue weighted by atomic mass is 9.91. The van der Waals surface area contributed by atoms with Crippen LogP contribution >= 0.6 is 11.6 Å². The highest BCUT2D eigenvalue weighted by molar-refractivity contribution is 6.31. The molecule has 2 aromatic carbocycles. The molecule has 2 aliphatic rings. The number of aliphatic hydroxyl groups excluding tert-OH is 1. The zero-order valence-electron chi connectivity index (χ0n) is 23.5. The summed E-state index contributed by atoms with van der Waals surface area (Å²) >= 11 is 6.50. The van der Waals surface area contributed by atoms with E-state index < -0.39 is 84.5 Å². The van der Waals surface area contributed by atoms with E-state index in [9.17, 15) is 42.3 Å². The number of carbonyl (C=O) groups excluding carboxylic acids is 3. The van der Waals surface area contributed by atoms with E-state index in [1.54, 1.807) is 6.07 Å². The third kappa shape index (κ3) is 7.13. The van der Waals surface area contributed by atoms with Crippen LogP contribution in [-0.4, -0.2) is 51.9 Å². The number of carbonyl (C=O) groups is 3. The van der Waals surface area contributed by atoms with Crippen LogP contribution in [0.2, 0.25) is 5.02 Å². The molecular weight excluding hydrogens is 630 g/mol. The number of amides is 3. The summed E-state index contributed by atoms with van der Waals surface area (Å²) in [5.74, 6) is -8.05. The molecule has 0 unspecified atom stereocenters. The molecule has 46 heavy (non-hydrogen) atoms. The van der Waals surface area contributed by atoms with Crippen LogP contribution in [0, 0.1) is 23.0 Å². The summed E-state index contributed by atoms with van der Waals surface area (Å²) in [4.78, 5) is 47.5. The van der Waals surface area contributed by atoms with Crippen LogP contribution in [0.15, 0.2) is 60.8 Å². The molecule has 0 spiro atoms. The molecule has 3 amide bonds. The lowest BCUT2D eigenvalue weighted by Crippen LogP contribution is -2.53. The van der Waals surface area contributed by atoms with Crippen LogP contribution in [0.1, 0.15) is 56.7 Å². The highest BCUT2D eigenvalue weighted by Gasteiger charge is 2.48. The van der Waals surface area contributed by atoms with Gasteiger partial charge in [0.1, 0.15) is 35.6 Å². The molecule has 1 aliphatic carbocycles. The minimum Gasteiger partial charge on any atom is -0.383 e. The number of alkyl halides is 2. The highest BCUT2D eigenvalue weighted by Crippen LogP contribution is 2.38. The number of hydrogen-bond acceptors (Lipinski definition) is 6. The summed E-state index contributed by atoms with van der Waals surface area (Å²) in [7, 11) is 0. The van der Waals surface area contributed by atoms with E-state index in [1.165, 1.54) is 36.5 Å². The second-order valence-corrected chi connectivity index (χ2v) is 11.3. The molecule has 3 aromatic rings. The van der Waals surface area contributed by atoms with Crippen LogP contribution in [0.4, 0.5) is 29.1 Å². The number of nitrogens with zero attached hydrogens (tertiary/aromatic N) is 4. The van der Waals surface area contributed by atoms with Crippen molar-refractivity contribution in [1.82, 2.24) is 10.3 Å². The molecule has 3 atom stereocenters. The number of nitriles is 1. The lowest BCUT2D eigenvalue weighted by Gasteiger charge is -2.37. The molecular formula is C32H30ClF4N5O4. The fourth-order valence-corrected chi connectivity index (χ4v) is 5.88. The van der Waals surface area contributed by atoms with Gasteiger partial charge in [0.15, 0.2) is 0 Å². The van der Waals surface area contributed by atoms with Gasteiger partial charge in [-0.2, -0.15) is 5.26 Å². The first-order valence-electron chi connectivity index (χ1n) is 14.0. The minimum absolute atomic E-state index is 0. The summed E-state index contributed by atoms with van der Waals surface area (Å²) in [6.07, 6.45) is -2.02. The Morgan fingerprint density at radius 3 is 2.39 bits per heavy atom. The van der Waals surface area contributed by atoms with Crippen LogP contribution in [0.25, 0.3) is 0 Å². The molecule has 0 bridgehead atoms. The van der Waals surface area contributed by atoms with Gasteiger partial charge in [-0.3, -0.25) is 24.2 Å². The summed E-state index contributed by atoms with van der Waals surface area (Å²) in [5, 5.41) is 22.6. The smallest absolute Gasteiger partial charge is 0.257 e. The normalized spacial score (nSPS) is 19.9. The van der Waals surface area contributed by atoms with Crippen molar-refractivity contribution in [3.8, 4) is 6.07 Å². The van der Waals surface area contributed by atoms with Gasteiger partial charge in [0.25, 0.3) is 11.8 Å². The van der Waals surface area contributed by atoms with Crippen LogP contribution in [0.5, 0.6) is 0 Å². The molecule has 2 heterocycles. The van der Waals surface area contributed by atoms with Crippen molar-refractivity contribution < 1.29 is 37.1 Å². The van der Waals surface area contributed by atoms with Gasteiger partial charge < -0.3 is 10.4 Å². The molecule has 1 aliphatic heterocycles. The van der Waals surface area contributed by atoms with Crippen LogP contribution in [0.3, 0.4) is 0 Å². The predicted octanol–water partition coefficient (Wildman–Crippen LogP) is 5.46. The number of hydrogen-bond donors (Lipinski definition) is 2. The van der Waals surface area contributed by atoms with Crippen molar-refractivity contribution in [2.45, 2.75) is 69.7 Å². The molecule has 0 radical (unpaired) electrons. The maximum absolute atomic E-state index is 14.6. The number of halogens is 5. The predicted molar refractivity (Wildman–Crippen MR) is 161 cm³/mol. The molecule has 2 fully saturated rings. The third-order valence-electron chi connectivity index (χ3n) is 7.82. The van der Waals surface area contributed by atoms with E-state index in [2.05, 4.69) is 10.3 Å². The van der Waals surface area contributed by atoms with E-state index in [0.717, 1.165) is 21.9 Å². The lowest BCUT2D eigenvalue weighted by molar-refractivity contribution is -0.128.